The van der Waals surface area contributed by atoms with Crippen LogP contribution in [0, 0.1) is 30.9 Å². The maximum atomic E-state index is 10.9. The number of nitrogens with two attached hydrogens (primary N) is 1. The van der Waals surface area contributed by atoms with Crippen molar-refractivity contribution in [1.82, 2.24) is 4.98 Å². The molecule has 1 aromatic carbocycles. The fourth-order valence-corrected chi connectivity index (χ4v) is 1.88. The predicted molar refractivity (Wildman–Crippen MR) is 76.0 cm³/mol. The molecule has 0 bridgehead atoms. The number of nitro groups is 1. The molecule has 20 heavy (non-hydrogen) atoms. The lowest BCUT2D eigenvalue weighted by molar-refractivity contribution is -0.385. The molecule has 0 aliphatic rings. The van der Waals surface area contributed by atoms with Crippen LogP contribution in [0.3, 0.4) is 0 Å². The molecule has 1 heterocycles. The van der Waals surface area contributed by atoms with E-state index in [1.165, 1.54) is 12.3 Å². The number of rotatable bonds is 3. The standard InChI is InChI=1S/C14H15N3O3/c1-8-6-13(9(2)5-12(8)17(18)19)20-14-10(3)4-11(15)7-16-14/h4-7H,15H2,1-3H3. The van der Waals surface area contributed by atoms with E-state index in [4.69, 9.17) is 10.5 Å². The Balaban J connectivity index is 2.39. The first-order chi connectivity index (χ1) is 9.38. The van der Waals surface area contributed by atoms with Crippen LogP contribution in [0.1, 0.15) is 16.7 Å². The molecule has 0 saturated heterocycles. The highest BCUT2D eigenvalue weighted by Crippen LogP contribution is 2.31. The van der Waals surface area contributed by atoms with E-state index < -0.39 is 4.92 Å². The summed E-state index contributed by atoms with van der Waals surface area (Å²) < 4.78 is 5.72. The minimum atomic E-state index is -0.404. The number of anilines is 1. The van der Waals surface area contributed by atoms with Crippen molar-refractivity contribution in [3.8, 4) is 11.6 Å². The van der Waals surface area contributed by atoms with Gasteiger partial charge in [0.25, 0.3) is 5.69 Å². The summed E-state index contributed by atoms with van der Waals surface area (Å²) in [4.78, 5) is 14.6. The highest BCUT2D eigenvalue weighted by molar-refractivity contribution is 5.51. The Morgan fingerprint density at radius 3 is 2.45 bits per heavy atom. The van der Waals surface area contributed by atoms with Crippen LogP contribution in [0.15, 0.2) is 24.4 Å². The van der Waals surface area contributed by atoms with Gasteiger partial charge in [-0.25, -0.2) is 4.98 Å². The molecule has 0 saturated carbocycles. The summed E-state index contributed by atoms with van der Waals surface area (Å²) in [6, 6.07) is 4.90. The van der Waals surface area contributed by atoms with Gasteiger partial charge in [0.05, 0.1) is 16.8 Å². The highest BCUT2D eigenvalue weighted by Gasteiger charge is 2.15. The van der Waals surface area contributed by atoms with Gasteiger partial charge in [0, 0.05) is 17.2 Å². The number of nitro benzene ring substituents is 1. The molecule has 0 radical (unpaired) electrons. The van der Waals surface area contributed by atoms with Crippen molar-refractivity contribution in [3.63, 3.8) is 0 Å². The van der Waals surface area contributed by atoms with E-state index in [0.717, 1.165) is 5.56 Å². The van der Waals surface area contributed by atoms with Gasteiger partial charge >= 0.3 is 0 Å². The van der Waals surface area contributed by atoms with Crippen LogP contribution in [0.5, 0.6) is 11.6 Å². The van der Waals surface area contributed by atoms with E-state index in [9.17, 15) is 10.1 Å². The van der Waals surface area contributed by atoms with E-state index >= 15 is 0 Å². The summed E-state index contributed by atoms with van der Waals surface area (Å²) in [6.07, 6.45) is 1.51. The number of ether oxygens (including phenoxy) is 1. The zero-order valence-electron chi connectivity index (χ0n) is 11.5. The van der Waals surface area contributed by atoms with E-state index in [-0.39, 0.29) is 5.69 Å². The van der Waals surface area contributed by atoms with Crippen LogP contribution in [0.4, 0.5) is 11.4 Å². The molecular weight excluding hydrogens is 258 g/mol. The summed E-state index contributed by atoms with van der Waals surface area (Å²) >= 11 is 0. The van der Waals surface area contributed by atoms with Crippen molar-refractivity contribution in [2.45, 2.75) is 20.8 Å². The molecule has 0 fully saturated rings. The van der Waals surface area contributed by atoms with Crippen LogP contribution < -0.4 is 10.5 Å². The number of hydrogen-bond donors (Lipinski definition) is 1. The molecule has 0 spiro atoms. The van der Waals surface area contributed by atoms with Gasteiger partial charge in [-0.05, 0) is 38.5 Å². The first kappa shape index (κ1) is 13.8. The summed E-state index contributed by atoms with van der Waals surface area (Å²) in [7, 11) is 0. The summed E-state index contributed by atoms with van der Waals surface area (Å²) in [6.45, 7) is 5.27. The van der Waals surface area contributed by atoms with Crippen molar-refractivity contribution in [2.24, 2.45) is 0 Å². The first-order valence-corrected chi connectivity index (χ1v) is 6.04. The minimum Gasteiger partial charge on any atom is -0.438 e. The second-order valence-electron chi connectivity index (χ2n) is 4.65. The molecule has 1 aromatic heterocycles. The van der Waals surface area contributed by atoms with Gasteiger partial charge in [-0.3, -0.25) is 10.1 Å². The van der Waals surface area contributed by atoms with Crippen molar-refractivity contribution in [3.05, 3.63) is 51.2 Å². The molecule has 6 nitrogen and oxygen atoms in total. The molecular formula is C14H15N3O3. The molecule has 2 rings (SSSR count). The summed E-state index contributed by atoms with van der Waals surface area (Å²) in [5, 5.41) is 10.9. The maximum Gasteiger partial charge on any atom is 0.272 e. The number of aromatic nitrogens is 1. The summed E-state index contributed by atoms with van der Waals surface area (Å²) in [5.74, 6) is 0.990. The molecule has 0 unspecified atom stereocenters. The van der Waals surface area contributed by atoms with Gasteiger partial charge < -0.3 is 10.5 Å². The van der Waals surface area contributed by atoms with Crippen LogP contribution in [-0.2, 0) is 0 Å². The molecule has 2 N–H and O–H groups in total. The number of benzene rings is 1. The van der Waals surface area contributed by atoms with Crippen LogP contribution in [0.2, 0.25) is 0 Å². The average molecular weight is 273 g/mol. The van der Waals surface area contributed by atoms with Gasteiger partial charge in [0.15, 0.2) is 0 Å². The van der Waals surface area contributed by atoms with Crippen LogP contribution in [-0.4, -0.2) is 9.91 Å². The maximum absolute atomic E-state index is 10.9. The zero-order chi connectivity index (χ0) is 14.9. The zero-order valence-corrected chi connectivity index (χ0v) is 11.5. The quantitative estimate of drug-likeness (QED) is 0.684. The highest BCUT2D eigenvalue weighted by atomic mass is 16.6. The van der Waals surface area contributed by atoms with Gasteiger partial charge in [0.1, 0.15) is 5.75 Å². The molecule has 104 valence electrons. The number of pyridine rings is 1. The molecule has 2 aromatic rings. The van der Waals surface area contributed by atoms with Crippen LogP contribution >= 0.6 is 0 Å². The molecule has 0 atom stereocenters. The largest absolute Gasteiger partial charge is 0.438 e. The Hall–Kier alpha value is -2.63. The van der Waals surface area contributed by atoms with Gasteiger partial charge in [0.2, 0.25) is 5.88 Å². The Kier molecular flexibility index (Phi) is 3.56. The Bertz CT molecular complexity index is 684. The number of hydrogen-bond acceptors (Lipinski definition) is 5. The molecule has 6 heteroatoms. The summed E-state index contributed by atoms with van der Waals surface area (Å²) in [5.41, 5.74) is 8.31. The first-order valence-electron chi connectivity index (χ1n) is 6.04. The van der Waals surface area contributed by atoms with Crippen molar-refractivity contribution < 1.29 is 9.66 Å². The second kappa shape index (κ2) is 5.16. The lowest BCUT2D eigenvalue weighted by Crippen LogP contribution is -1.98. The van der Waals surface area contributed by atoms with Crippen molar-refractivity contribution >= 4 is 11.4 Å². The third kappa shape index (κ3) is 2.69. The monoisotopic (exact) mass is 273 g/mol. The van der Waals surface area contributed by atoms with Gasteiger partial charge in [-0.1, -0.05) is 0 Å². The normalized spacial score (nSPS) is 10.3. The predicted octanol–water partition coefficient (Wildman–Crippen LogP) is 3.29. The van der Waals surface area contributed by atoms with E-state index in [0.29, 0.717) is 28.4 Å². The third-order valence-corrected chi connectivity index (χ3v) is 2.95. The third-order valence-electron chi connectivity index (χ3n) is 2.95. The van der Waals surface area contributed by atoms with E-state index in [1.54, 1.807) is 26.0 Å². The Morgan fingerprint density at radius 2 is 1.85 bits per heavy atom. The molecule has 0 amide bonds. The fraction of sp³-hybridized carbons (Fsp3) is 0.214. The van der Waals surface area contributed by atoms with Crippen molar-refractivity contribution in [2.75, 3.05) is 5.73 Å². The van der Waals surface area contributed by atoms with Crippen molar-refractivity contribution in [1.29, 1.82) is 0 Å². The number of aryl methyl sites for hydroxylation is 3. The molecule has 0 aliphatic carbocycles. The van der Waals surface area contributed by atoms with Gasteiger partial charge in [-0.2, -0.15) is 0 Å². The Labute approximate surface area is 116 Å². The number of nitrogens with zero attached hydrogens (tertiary/aromatic N) is 2. The topological polar surface area (TPSA) is 91.3 Å². The lowest BCUT2D eigenvalue weighted by atomic mass is 10.1. The Morgan fingerprint density at radius 1 is 1.15 bits per heavy atom. The minimum absolute atomic E-state index is 0.0804. The van der Waals surface area contributed by atoms with Crippen LogP contribution in [0.25, 0.3) is 0 Å². The number of nitrogen functional groups attached to an aromatic ring is 1. The van der Waals surface area contributed by atoms with E-state index in [2.05, 4.69) is 4.98 Å². The second-order valence-corrected chi connectivity index (χ2v) is 4.65. The average Bonchev–Trinajstić information content (AvgIpc) is 2.36. The SMILES string of the molecule is Cc1cc([N+](=O)[O-])c(C)cc1Oc1ncc(N)cc1C. The van der Waals surface area contributed by atoms with E-state index in [1.807, 2.05) is 6.92 Å². The molecule has 0 aliphatic heterocycles. The smallest absolute Gasteiger partial charge is 0.272 e. The van der Waals surface area contributed by atoms with Gasteiger partial charge in [-0.15, -0.1) is 0 Å². The lowest BCUT2D eigenvalue weighted by Gasteiger charge is -2.11. The fourth-order valence-electron chi connectivity index (χ4n) is 1.88.